The Labute approximate surface area is 119 Å². The lowest BCUT2D eigenvalue weighted by atomic mass is 10.1. The Balaban J connectivity index is 1.80. The third-order valence-corrected chi connectivity index (χ3v) is 3.39. The second-order valence-electron chi connectivity index (χ2n) is 5.13. The molecule has 20 heavy (non-hydrogen) atoms. The van der Waals surface area contributed by atoms with E-state index in [0.29, 0.717) is 24.4 Å². The summed E-state index contributed by atoms with van der Waals surface area (Å²) < 4.78 is 5.50. The number of hydrogen-bond acceptors (Lipinski definition) is 5. The molecule has 1 aliphatic rings. The molecule has 1 saturated heterocycles. The van der Waals surface area contributed by atoms with Gasteiger partial charge in [0.25, 0.3) is 0 Å². The molecule has 5 nitrogen and oxygen atoms in total. The van der Waals surface area contributed by atoms with E-state index in [1.807, 2.05) is 4.90 Å². The van der Waals surface area contributed by atoms with E-state index in [4.69, 9.17) is 10.00 Å². The average molecular weight is 276 g/mol. The molecule has 2 unspecified atom stereocenters. The molecule has 0 amide bonds. The highest BCUT2D eigenvalue weighted by molar-refractivity contribution is 5.42. The zero-order valence-corrected chi connectivity index (χ0v) is 11.4. The maximum absolute atomic E-state index is 9.98. The van der Waals surface area contributed by atoms with Crippen molar-refractivity contribution >= 4 is 0 Å². The van der Waals surface area contributed by atoms with Crippen molar-refractivity contribution in [1.82, 2.24) is 4.90 Å². The Morgan fingerprint density at radius 2 is 2.25 bits per heavy atom. The van der Waals surface area contributed by atoms with Crippen LogP contribution in [0.2, 0.25) is 0 Å². The number of piperidine rings is 1. The predicted octanol–water partition coefficient (Wildman–Crippen LogP) is 0.755. The second kappa shape index (κ2) is 7.25. The van der Waals surface area contributed by atoms with Gasteiger partial charge in [-0.2, -0.15) is 5.26 Å². The van der Waals surface area contributed by atoms with E-state index >= 15 is 0 Å². The maximum atomic E-state index is 9.98. The van der Waals surface area contributed by atoms with Crippen molar-refractivity contribution in [1.29, 1.82) is 5.26 Å². The van der Waals surface area contributed by atoms with E-state index in [0.717, 1.165) is 19.4 Å². The van der Waals surface area contributed by atoms with Gasteiger partial charge in [-0.05, 0) is 31.5 Å². The largest absolute Gasteiger partial charge is 0.489 e. The van der Waals surface area contributed by atoms with Gasteiger partial charge in [0.05, 0.1) is 11.7 Å². The zero-order chi connectivity index (χ0) is 14.4. The molecule has 1 aromatic rings. The van der Waals surface area contributed by atoms with Crippen LogP contribution in [0, 0.1) is 11.3 Å². The Bertz CT molecular complexity index is 472. The SMILES string of the molecule is N#Cc1ccccc1OCC(O)CN1CCCC(O)C1. The standard InChI is InChI=1S/C15H20N2O3/c16-8-12-4-1-2-6-15(12)20-11-14(19)10-17-7-3-5-13(18)9-17/h1-2,4,6,13-14,18-19H,3,5,7,9-11H2. The summed E-state index contributed by atoms with van der Waals surface area (Å²) in [4.78, 5) is 2.04. The first kappa shape index (κ1) is 14.8. The van der Waals surface area contributed by atoms with Gasteiger partial charge in [-0.3, -0.25) is 4.90 Å². The van der Waals surface area contributed by atoms with Crippen LogP contribution in [0.15, 0.2) is 24.3 Å². The monoisotopic (exact) mass is 276 g/mol. The van der Waals surface area contributed by atoms with Gasteiger partial charge in [-0.1, -0.05) is 12.1 Å². The van der Waals surface area contributed by atoms with Crippen molar-refractivity contribution in [3.63, 3.8) is 0 Å². The van der Waals surface area contributed by atoms with Crippen molar-refractivity contribution in [3.8, 4) is 11.8 Å². The molecule has 2 N–H and O–H groups in total. The topological polar surface area (TPSA) is 76.7 Å². The average Bonchev–Trinajstić information content (AvgIpc) is 2.45. The molecule has 1 fully saturated rings. The molecule has 0 saturated carbocycles. The van der Waals surface area contributed by atoms with Gasteiger partial charge in [0.1, 0.15) is 24.5 Å². The first-order valence-electron chi connectivity index (χ1n) is 6.89. The number of ether oxygens (including phenoxy) is 1. The van der Waals surface area contributed by atoms with Crippen LogP contribution in [0.1, 0.15) is 18.4 Å². The van der Waals surface area contributed by atoms with E-state index in [-0.39, 0.29) is 12.7 Å². The lowest BCUT2D eigenvalue weighted by Gasteiger charge is -2.31. The number of benzene rings is 1. The molecular formula is C15H20N2O3. The molecule has 1 aromatic carbocycles. The minimum atomic E-state index is -0.632. The molecular weight excluding hydrogens is 256 g/mol. The highest BCUT2D eigenvalue weighted by atomic mass is 16.5. The van der Waals surface area contributed by atoms with Crippen LogP contribution in [0.25, 0.3) is 0 Å². The van der Waals surface area contributed by atoms with Crippen molar-refractivity contribution in [3.05, 3.63) is 29.8 Å². The summed E-state index contributed by atoms with van der Waals surface area (Å²) in [5, 5.41) is 28.5. The lowest BCUT2D eigenvalue weighted by molar-refractivity contribution is 0.0243. The molecule has 108 valence electrons. The van der Waals surface area contributed by atoms with E-state index in [9.17, 15) is 10.2 Å². The van der Waals surface area contributed by atoms with Gasteiger partial charge in [-0.15, -0.1) is 0 Å². The number of aliphatic hydroxyl groups excluding tert-OH is 2. The van der Waals surface area contributed by atoms with Gasteiger partial charge in [-0.25, -0.2) is 0 Å². The molecule has 0 bridgehead atoms. The Morgan fingerprint density at radius 3 is 3.00 bits per heavy atom. The molecule has 2 rings (SSSR count). The summed E-state index contributed by atoms with van der Waals surface area (Å²) in [6.45, 7) is 2.12. The molecule has 0 aromatic heterocycles. The Kier molecular flexibility index (Phi) is 5.36. The fourth-order valence-corrected chi connectivity index (χ4v) is 2.42. The normalized spacial score (nSPS) is 21.1. The van der Waals surface area contributed by atoms with Crippen molar-refractivity contribution < 1.29 is 14.9 Å². The summed E-state index contributed by atoms with van der Waals surface area (Å²) in [6, 6.07) is 9.03. The minimum absolute atomic E-state index is 0.144. The highest BCUT2D eigenvalue weighted by Crippen LogP contribution is 2.17. The number of likely N-dealkylation sites (tertiary alicyclic amines) is 1. The van der Waals surface area contributed by atoms with Crippen molar-refractivity contribution in [2.24, 2.45) is 0 Å². The van der Waals surface area contributed by atoms with Crippen molar-refractivity contribution in [2.45, 2.75) is 25.0 Å². The molecule has 2 atom stereocenters. The number of nitrogens with zero attached hydrogens (tertiary/aromatic N) is 2. The Morgan fingerprint density at radius 1 is 1.45 bits per heavy atom. The number of rotatable bonds is 5. The van der Waals surface area contributed by atoms with Crippen molar-refractivity contribution in [2.75, 3.05) is 26.2 Å². The van der Waals surface area contributed by atoms with E-state index in [1.165, 1.54) is 0 Å². The van der Waals surface area contributed by atoms with Crippen LogP contribution in [-0.4, -0.2) is 53.6 Å². The fraction of sp³-hybridized carbons (Fsp3) is 0.533. The van der Waals surface area contributed by atoms with E-state index in [2.05, 4.69) is 6.07 Å². The van der Waals surface area contributed by atoms with E-state index < -0.39 is 6.10 Å². The molecule has 1 aliphatic heterocycles. The molecule has 5 heteroatoms. The number of para-hydroxylation sites is 1. The first-order chi connectivity index (χ1) is 9.69. The second-order valence-corrected chi connectivity index (χ2v) is 5.13. The van der Waals surface area contributed by atoms with Crippen LogP contribution < -0.4 is 4.74 Å². The third-order valence-electron chi connectivity index (χ3n) is 3.39. The lowest BCUT2D eigenvalue weighted by Crippen LogP contribution is -2.43. The number of β-amino-alcohol motifs (C(OH)–C–C–N with tert-alkyl or cyclic N) is 2. The minimum Gasteiger partial charge on any atom is -0.489 e. The summed E-state index contributed by atoms with van der Waals surface area (Å²) in [5.41, 5.74) is 0.466. The number of hydrogen-bond donors (Lipinski definition) is 2. The molecule has 0 aliphatic carbocycles. The summed E-state index contributed by atoms with van der Waals surface area (Å²) in [7, 11) is 0. The highest BCUT2D eigenvalue weighted by Gasteiger charge is 2.20. The van der Waals surface area contributed by atoms with Gasteiger partial charge in [0.15, 0.2) is 0 Å². The Hall–Kier alpha value is -1.61. The van der Waals surface area contributed by atoms with Crippen LogP contribution in [-0.2, 0) is 0 Å². The number of nitriles is 1. The summed E-state index contributed by atoms with van der Waals surface area (Å²) in [6.07, 6.45) is 0.855. The summed E-state index contributed by atoms with van der Waals surface area (Å²) in [5.74, 6) is 0.493. The van der Waals surface area contributed by atoms with Crippen LogP contribution in [0.4, 0.5) is 0 Å². The van der Waals surface area contributed by atoms with Gasteiger partial charge in [0.2, 0.25) is 0 Å². The fourth-order valence-electron chi connectivity index (χ4n) is 2.42. The predicted molar refractivity (Wildman–Crippen MR) is 74.3 cm³/mol. The zero-order valence-electron chi connectivity index (χ0n) is 11.4. The summed E-state index contributed by atoms with van der Waals surface area (Å²) >= 11 is 0. The molecule has 1 heterocycles. The first-order valence-corrected chi connectivity index (χ1v) is 6.89. The van der Waals surface area contributed by atoms with Crippen LogP contribution >= 0.6 is 0 Å². The van der Waals surface area contributed by atoms with Gasteiger partial charge in [0, 0.05) is 13.1 Å². The maximum Gasteiger partial charge on any atom is 0.137 e. The van der Waals surface area contributed by atoms with Gasteiger partial charge >= 0.3 is 0 Å². The number of aliphatic hydroxyl groups is 2. The third kappa shape index (κ3) is 4.20. The van der Waals surface area contributed by atoms with Gasteiger partial charge < -0.3 is 14.9 Å². The quantitative estimate of drug-likeness (QED) is 0.830. The van der Waals surface area contributed by atoms with Crippen LogP contribution in [0.5, 0.6) is 5.75 Å². The smallest absolute Gasteiger partial charge is 0.137 e. The molecule has 0 radical (unpaired) electrons. The van der Waals surface area contributed by atoms with E-state index in [1.54, 1.807) is 24.3 Å². The van der Waals surface area contributed by atoms with Crippen LogP contribution in [0.3, 0.4) is 0 Å². The molecule has 0 spiro atoms.